The Labute approximate surface area is 112 Å². The average Bonchev–Trinajstić information content (AvgIpc) is 3.09. The van der Waals surface area contributed by atoms with Crippen LogP contribution in [0.15, 0.2) is 18.2 Å². The molecule has 18 heavy (non-hydrogen) atoms. The topological polar surface area (TPSA) is 55.1 Å². The van der Waals surface area contributed by atoms with E-state index in [4.69, 9.17) is 5.73 Å². The molecule has 0 aliphatic heterocycles. The number of carbonyl (C=O) groups excluding carboxylic acids is 1. The van der Waals surface area contributed by atoms with Crippen molar-refractivity contribution < 1.29 is 9.18 Å². The highest BCUT2D eigenvalue weighted by molar-refractivity contribution is 5.94. The van der Waals surface area contributed by atoms with Gasteiger partial charge in [-0.3, -0.25) is 4.79 Å². The fourth-order valence-electron chi connectivity index (χ4n) is 1.92. The first kappa shape index (κ1) is 14.9. The average molecular weight is 273 g/mol. The zero-order valence-corrected chi connectivity index (χ0v) is 11.1. The summed E-state index contributed by atoms with van der Waals surface area (Å²) in [5.74, 6) is -0.378. The molecule has 1 atom stereocenters. The minimum absolute atomic E-state index is 0. The van der Waals surface area contributed by atoms with Gasteiger partial charge in [0, 0.05) is 12.6 Å². The Balaban J connectivity index is 0.00000162. The molecular weight excluding hydrogens is 255 g/mol. The van der Waals surface area contributed by atoms with Gasteiger partial charge in [-0.15, -0.1) is 12.4 Å². The molecule has 1 saturated carbocycles. The van der Waals surface area contributed by atoms with E-state index in [0.29, 0.717) is 12.5 Å². The molecule has 5 heteroatoms. The van der Waals surface area contributed by atoms with E-state index in [9.17, 15) is 9.18 Å². The van der Waals surface area contributed by atoms with Crippen LogP contribution in [0.3, 0.4) is 0 Å². The number of benzene rings is 1. The Morgan fingerprint density at radius 3 is 2.72 bits per heavy atom. The van der Waals surface area contributed by atoms with E-state index in [1.54, 1.807) is 13.0 Å². The highest BCUT2D eigenvalue weighted by atomic mass is 35.5. The first-order valence-electron chi connectivity index (χ1n) is 5.89. The zero-order chi connectivity index (χ0) is 12.4. The van der Waals surface area contributed by atoms with Crippen LogP contribution in [0.25, 0.3) is 0 Å². The second kappa shape index (κ2) is 6.16. The standard InChI is InChI=1S/C13H17FN2O.ClH/c1-8-2-5-10(11(14)6-8)13(17)16-12(7-15)9-3-4-9;/h2,5-6,9,12H,3-4,7,15H2,1H3,(H,16,17);1H. The van der Waals surface area contributed by atoms with Crippen LogP contribution in [0.2, 0.25) is 0 Å². The van der Waals surface area contributed by atoms with E-state index in [0.717, 1.165) is 18.4 Å². The molecule has 1 unspecified atom stereocenters. The summed E-state index contributed by atoms with van der Waals surface area (Å²) >= 11 is 0. The fraction of sp³-hybridized carbons (Fsp3) is 0.462. The third kappa shape index (κ3) is 3.43. The van der Waals surface area contributed by atoms with Crippen molar-refractivity contribution in [1.29, 1.82) is 0 Å². The molecule has 3 nitrogen and oxygen atoms in total. The quantitative estimate of drug-likeness (QED) is 0.881. The van der Waals surface area contributed by atoms with Crippen molar-refractivity contribution in [2.45, 2.75) is 25.8 Å². The van der Waals surface area contributed by atoms with Gasteiger partial charge in [0.15, 0.2) is 0 Å². The van der Waals surface area contributed by atoms with Crippen LogP contribution in [-0.2, 0) is 0 Å². The smallest absolute Gasteiger partial charge is 0.254 e. The van der Waals surface area contributed by atoms with E-state index in [-0.39, 0.29) is 29.9 Å². The SMILES string of the molecule is Cc1ccc(C(=O)NC(CN)C2CC2)c(F)c1.Cl. The summed E-state index contributed by atoms with van der Waals surface area (Å²) in [5, 5.41) is 2.80. The lowest BCUT2D eigenvalue weighted by atomic mass is 10.1. The Hall–Kier alpha value is -1.13. The maximum absolute atomic E-state index is 13.6. The van der Waals surface area contributed by atoms with Gasteiger partial charge in [0.05, 0.1) is 5.56 Å². The van der Waals surface area contributed by atoms with Gasteiger partial charge >= 0.3 is 0 Å². The molecule has 0 radical (unpaired) electrons. The largest absolute Gasteiger partial charge is 0.348 e. The summed E-state index contributed by atoms with van der Waals surface area (Å²) in [6.45, 7) is 2.20. The van der Waals surface area contributed by atoms with E-state index < -0.39 is 5.82 Å². The van der Waals surface area contributed by atoms with Crippen LogP contribution < -0.4 is 11.1 Å². The molecule has 1 fully saturated rings. The number of rotatable bonds is 4. The molecule has 0 spiro atoms. The van der Waals surface area contributed by atoms with Gasteiger partial charge in [0.1, 0.15) is 5.82 Å². The number of carbonyl (C=O) groups is 1. The van der Waals surface area contributed by atoms with E-state index >= 15 is 0 Å². The van der Waals surface area contributed by atoms with Crippen LogP contribution in [-0.4, -0.2) is 18.5 Å². The van der Waals surface area contributed by atoms with Crippen molar-refractivity contribution in [3.8, 4) is 0 Å². The molecule has 0 bridgehead atoms. The van der Waals surface area contributed by atoms with Crippen molar-refractivity contribution in [2.24, 2.45) is 11.7 Å². The number of hydrogen-bond acceptors (Lipinski definition) is 2. The summed E-state index contributed by atoms with van der Waals surface area (Å²) < 4.78 is 13.6. The molecular formula is C13H18ClFN2O. The number of aryl methyl sites for hydroxylation is 1. The van der Waals surface area contributed by atoms with Gasteiger partial charge in [0.2, 0.25) is 0 Å². The van der Waals surface area contributed by atoms with Crippen molar-refractivity contribution >= 4 is 18.3 Å². The van der Waals surface area contributed by atoms with Gasteiger partial charge in [0.25, 0.3) is 5.91 Å². The molecule has 0 heterocycles. The minimum atomic E-state index is -0.478. The predicted octanol–water partition coefficient (Wildman–Crippen LogP) is 2.02. The van der Waals surface area contributed by atoms with E-state index in [1.807, 2.05) is 0 Å². The number of nitrogens with two attached hydrogens (primary N) is 1. The highest BCUT2D eigenvalue weighted by Gasteiger charge is 2.31. The monoisotopic (exact) mass is 272 g/mol. The molecule has 1 aromatic carbocycles. The van der Waals surface area contributed by atoms with E-state index in [2.05, 4.69) is 5.32 Å². The van der Waals surface area contributed by atoms with Gasteiger partial charge in [-0.1, -0.05) is 6.07 Å². The summed E-state index contributed by atoms with van der Waals surface area (Å²) in [6, 6.07) is 4.58. The van der Waals surface area contributed by atoms with Crippen LogP contribution in [0, 0.1) is 18.7 Å². The van der Waals surface area contributed by atoms with Crippen molar-refractivity contribution in [2.75, 3.05) is 6.54 Å². The molecule has 2 rings (SSSR count). The van der Waals surface area contributed by atoms with Gasteiger partial charge < -0.3 is 11.1 Å². The Morgan fingerprint density at radius 1 is 1.56 bits per heavy atom. The zero-order valence-electron chi connectivity index (χ0n) is 10.3. The van der Waals surface area contributed by atoms with Crippen LogP contribution >= 0.6 is 12.4 Å². The first-order valence-corrected chi connectivity index (χ1v) is 5.89. The molecule has 3 N–H and O–H groups in total. The second-order valence-corrected chi connectivity index (χ2v) is 4.64. The lowest BCUT2D eigenvalue weighted by molar-refractivity contribution is 0.0929. The Morgan fingerprint density at radius 2 is 2.22 bits per heavy atom. The third-order valence-corrected chi connectivity index (χ3v) is 3.13. The Bertz CT molecular complexity index is 435. The van der Waals surface area contributed by atoms with Crippen LogP contribution in [0.5, 0.6) is 0 Å². The number of nitrogens with one attached hydrogen (secondary N) is 1. The predicted molar refractivity (Wildman–Crippen MR) is 71.4 cm³/mol. The summed E-state index contributed by atoms with van der Waals surface area (Å²) in [5.41, 5.74) is 6.49. The molecule has 0 saturated heterocycles. The summed E-state index contributed by atoms with van der Waals surface area (Å²) in [4.78, 5) is 11.9. The summed E-state index contributed by atoms with van der Waals surface area (Å²) in [7, 11) is 0. The van der Waals surface area contributed by atoms with Gasteiger partial charge in [-0.05, 0) is 43.4 Å². The lowest BCUT2D eigenvalue weighted by Gasteiger charge is -2.16. The normalized spacial score (nSPS) is 15.7. The van der Waals surface area contributed by atoms with E-state index in [1.165, 1.54) is 12.1 Å². The second-order valence-electron chi connectivity index (χ2n) is 4.64. The molecule has 1 amide bonds. The minimum Gasteiger partial charge on any atom is -0.348 e. The van der Waals surface area contributed by atoms with Crippen molar-refractivity contribution in [3.63, 3.8) is 0 Å². The Kier molecular flexibility index (Phi) is 5.11. The highest BCUT2D eigenvalue weighted by Crippen LogP contribution is 2.32. The maximum Gasteiger partial charge on any atom is 0.254 e. The third-order valence-electron chi connectivity index (χ3n) is 3.13. The van der Waals surface area contributed by atoms with Crippen molar-refractivity contribution in [3.05, 3.63) is 35.1 Å². The number of halogens is 2. The lowest BCUT2D eigenvalue weighted by Crippen LogP contribution is -2.42. The van der Waals surface area contributed by atoms with Gasteiger partial charge in [-0.25, -0.2) is 4.39 Å². The first-order chi connectivity index (χ1) is 8.11. The van der Waals surface area contributed by atoms with Gasteiger partial charge in [-0.2, -0.15) is 0 Å². The van der Waals surface area contributed by atoms with Crippen molar-refractivity contribution in [1.82, 2.24) is 5.32 Å². The molecule has 1 aliphatic carbocycles. The maximum atomic E-state index is 13.6. The fourth-order valence-corrected chi connectivity index (χ4v) is 1.92. The number of amides is 1. The molecule has 100 valence electrons. The summed E-state index contributed by atoms with van der Waals surface area (Å²) in [6.07, 6.45) is 2.19. The molecule has 0 aromatic heterocycles. The van der Waals surface area contributed by atoms with Crippen LogP contribution in [0.4, 0.5) is 4.39 Å². The molecule has 1 aliphatic rings. The molecule has 1 aromatic rings. The van der Waals surface area contributed by atoms with Crippen LogP contribution in [0.1, 0.15) is 28.8 Å². The number of hydrogen-bond donors (Lipinski definition) is 2.